The van der Waals surface area contributed by atoms with Gasteiger partial charge in [-0.3, -0.25) is 9.78 Å². The van der Waals surface area contributed by atoms with Gasteiger partial charge in [0.2, 0.25) is 0 Å². The Morgan fingerprint density at radius 1 is 0.944 bits per heavy atom. The molecule has 1 aromatic carbocycles. The third-order valence-corrected chi connectivity index (χ3v) is 5.28. The van der Waals surface area contributed by atoms with Crippen molar-refractivity contribution >= 4 is 34.1 Å². The molecular weight excluding hydrogens is 487 g/mol. The van der Waals surface area contributed by atoms with Gasteiger partial charge in [0.25, 0.3) is 5.56 Å². The smallest absolute Gasteiger partial charge is 0.373 e. The molecule has 36 heavy (non-hydrogen) atoms. The maximum Gasteiger partial charge on any atom is 0.417 e. The Morgan fingerprint density at radius 3 is 2.39 bits per heavy atom. The van der Waals surface area contributed by atoms with Crippen LogP contribution in [0.5, 0.6) is 0 Å². The summed E-state index contributed by atoms with van der Waals surface area (Å²) in [5, 5.41) is 7.56. The van der Waals surface area contributed by atoms with E-state index in [1.165, 1.54) is 23.9 Å². The largest absolute Gasteiger partial charge is 0.417 e. The van der Waals surface area contributed by atoms with Crippen LogP contribution < -0.4 is 21.5 Å². The third kappa shape index (κ3) is 4.80. The summed E-state index contributed by atoms with van der Waals surface area (Å²) in [6.45, 7) is 0. The molecule has 4 aromatic rings. The summed E-state index contributed by atoms with van der Waals surface area (Å²) in [4.78, 5) is 32.9. The minimum atomic E-state index is -4.69. The zero-order chi connectivity index (χ0) is 26.2. The van der Waals surface area contributed by atoms with E-state index in [1.54, 1.807) is 13.1 Å². The maximum absolute atomic E-state index is 14.7. The minimum Gasteiger partial charge on any atom is -0.373 e. The number of hydrogen-bond donors (Lipinski definition) is 3. The molecule has 3 heterocycles. The van der Waals surface area contributed by atoms with Gasteiger partial charge in [0.15, 0.2) is 0 Å². The van der Waals surface area contributed by atoms with E-state index in [0.717, 1.165) is 12.3 Å². The fraction of sp³-hybridized carbons (Fsp3) is 0.130. The average molecular weight is 504 g/mol. The summed E-state index contributed by atoms with van der Waals surface area (Å²) < 4.78 is 69.0. The molecule has 13 heteroatoms. The number of benzene rings is 1. The van der Waals surface area contributed by atoms with E-state index in [4.69, 9.17) is 0 Å². The first-order valence-electron chi connectivity index (χ1n) is 10.2. The van der Waals surface area contributed by atoms with Crippen LogP contribution in [0.15, 0.2) is 53.7 Å². The number of aromatic nitrogens is 3. The quantitative estimate of drug-likeness (QED) is 0.341. The van der Waals surface area contributed by atoms with Crippen molar-refractivity contribution in [2.75, 3.05) is 23.0 Å². The lowest BCUT2D eigenvalue weighted by Gasteiger charge is -2.13. The molecule has 0 saturated heterocycles. The zero-order valence-electron chi connectivity index (χ0n) is 18.7. The number of nitrogens with zero attached hydrogens (tertiary/aromatic N) is 3. The standard InChI is InChI=1S/C23H17F5N6O2/c1-29-20-7-19-11(8-31-20)3-15(21(35)34(19)2)14-5-18(17(25)6-16(14)24)33-22(36)32-13-4-12(9-30-10-13)23(26,27)28/h3-10H,1-2H3,(H,29,31)(H2,32,33,36). The molecule has 3 N–H and O–H groups in total. The molecule has 0 aliphatic carbocycles. The summed E-state index contributed by atoms with van der Waals surface area (Å²) in [6, 6.07) is 3.96. The highest BCUT2D eigenvalue weighted by molar-refractivity contribution is 6.00. The van der Waals surface area contributed by atoms with Crippen molar-refractivity contribution in [1.82, 2.24) is 14.5 Å². The topological polar surface area (TPSA) is 101 Å². The molecule has 186 valence electrons. The van der Waals surface area contributed by atoms with Crippen LogP contribution in [0, 0.1) is 11.6 Å². The molecule has 0 radical (unpaired) electrons. The predicted molar refractivity (Wildman–Crippen MR) is 124 cm³/mol. The van der Waals surface area contributed by atoms with Gasteiger partial charge in [-0.25, -0.2) is 18.6 Å². The summed E-state index contributed by atoms with van der Waals surface area (Å²) in [5.74, 6) is -1.71. The number of amides is 2. The SMILES string of the molecule is CNc1cc2c(cn1)cc(-c1cc(NC(=O)Nc3cncc(C(F)(F)F)c3)c(F)cc1F)c(=O)n2C. The predicted octanol–water partition coefficient (Wildman–Crippen LogP) is 4.98. The van der Waals surface area contributed by atoms with Crippen LogP contribution in [0.3, 0.4) is 0 Å². The Labute approximate surface area is 199 Å². The van der Waals surface area contributed by atoms with Crippen molar-refractivity contribution in [1.29, 1.82) is 0 Å². The Balaban J connectivity index is 1.68. The molecule has 0 aliphatic heterocycles. The number of aryl methyl sites for hydroxylation is 1. The second-order valence-corrected chi connectivity index (χ2v) is 7.65. The van der Waals surface area contributed by atoms with Crippen molar-refractivity contribution in [2.45, 2.75) is 6.18 Å². The van der Waals surface area contributed by atoms with E-state index in [2.05, 4.69) is 25.9 Å². The van der Waals surface area contributed by atoms with Gasteiger partial charge in [0.1, 0.15) is 17.5 Å². The minimum absolute atomic E-state index is 0.118. The normalized spacial score (nSPS) is 11.4. The van der Waals surface area contributed by atoms with Crippen LogP contribution in [0.4, 0.5) is 43.9 Å². The number of hydrogen-bond acceptors (Lipinski definition) is 5. The van der Waals surface area contributed by atoms with E-state index in [9.17, 15) is 31.5 Å². The number of carbonyl (C=O) groups excluding carboxylic acids is 1. The Hall–Kier alpha value is -4.55. The molecule has 0 saturated carbocycles. The number of pyridine rings is 3. The molecule has 3 aromatic heterocycles. The molecule has 0 aliphatic rings. The van der Waals surface area contributed by atoms with Gasteiger partial charge in [-0.15, -0.1) is 0 Å². The van der Waals surface area contributed by atoms with E-state index < -0.39 is 40.7 Å². The number of rotatable bonds is 4. The molecule has 0 spiro atoms. The van der Waals surface area contributed by atoms with E-state index in [0.29, 0.717) is 35.1 Å². The molecule has 0 bridgehead atoms. The number of fused-ring (bicyclic) bond motifs is 1. The maximum atomic E-state index is 14.7. The third-order valence-electron chi connectivity index (χ3n) is 5.28. The lowest BCUT2D eigenvalue weighted by atomic mass is 10.0. The van der Waals surface area contributed by atoms with Crippen molar-refractivity contribution in [3.05, 3.63) is 76.5 Å². The van der Waals surface area contributed by atoms with Crippen LogP contribution >= 0.6 is 0 Å². The van der Waals surface area contributed by atoms with Crippen LogP contribution in [-0.2, 0) is 13.2 Å². The van der Waals surface area contributed by atoms with Crippen LogP contribution in [-0.4, -0.2) is 27.6 Å². The summed E-state index contributed by atoms with van der Waals surface area (Å²) in [7, 11) is 3.13. The molecule has 0 unspecified atom stereocenters. The number of anilines is 3. The summed E-state index contributed by atoms with van der Waals surface area (Å²) >= 11 is 0. The summed E-state index contributed by atoms with van der Waals surface area (Å²) in [5.41, 5.74) is -2.40. The fourth-order valence-corrected chi connectivity index (χ4v) is 3.49. The first kappa shape index (κ1) is 24.6. The van der Waals surface area contributed by atoms with Gasteiger partial charge in [-0.2, -0.15) is 13.2 Å². The first-order chi connectivity index (χ1) is 17.0. The van der Waals surface area contributed by atoms with E-state index >= 15 is 0 Å². The lowest BCUT2D eigenvalue weighted by Crippen LogP contribution is -2.22. The van der Waals surface area contributed by atoms with Gasteiger partial charge >= 0.3 is 12.2 Å². The second kappa shape index (κ2) is 9.24. The second-order valence-electron chi connectivity index (χ2n) is 7.65. The molecular formula is C23H17F5N6O2. The molecule has 2 amide bonds. The van der Waals surface area contributed by atoms with Gasteiger partial charge in [0, 0.05) is 49.6 Å². The fourth-order valence-electron chi connectivity index (χ4n) is 3.49. The van der Waals surface area contributed by atoms with E-state index in [-0.39, 0.29) is 16.8 Å². The van der Waals surface area contributed by atoms with Gasteiger partial charge < -0.3 is 20.5 Å². The van der Waals surface area contributed by atoms with Crippen molar-refractivity contribution in [3.8, 4) is 11.1 Å². The van der Waals surface area contributed by atoms with Gasteiger partial charge in [-0.05, 0) is 18.2 Å². The van der Waals surface area contributed by atoms with Crippen LogP contribution in [0.25, 0.3) is 22.0 Å². The van der Waals surface area contributed by atoms with Gasteiger partial charge in [-0.1, -0.05) is 0 Å². The number of alkyl halides is 3. The Kier molecular flexibility index (Phi) is 6.31. The highest BCUT2D eigenvalue weighted by Gasteiger charge is 2.31. The average Bonchev–Trinajstić information content (AvgIpc) is 2.82. The highest BCUT2D eigenvalue weighted by Crippen LogP contribution is 2.31. The first-order valence-corrected chi connectivity index (χ1v) is 10.2. The van der Waals surface area contributed by atoms with Crippen LogP contribution in [0.2, 0.25) is 0 Å². The number of halogens is 5. The number of nitrogens with one attached hydrogen (secondary N) is 3. The van der Waals surface area contributed by atoms with E-state index in [1.807, 2.05) is 0 Å². The van der Waals surface area contributed by atoms with Crippen LogP contribution in [0.1, 0.15) is 5.56 Å². The zero-order valence-corrected chi connectivity index (χ0v) is 18.7. The summed E-state index contributed by atoms with van der Waals surface area (Å²) in [6.07, 6.45) is -1.67. The molecule has 0 atom stereocenters. The van der Waals surface area contributed by atoms with Gasteiger partial charge in [0.05, 0.1) is 34.2 Å². The number of carbonyl (C=O) groups is 1. The molecule has 8 nitrogen and oxygen atoms in total. The lowest BCUT2D eigenvalue weighted by molar-refractivity contribution is -0.137. The Morgan fingerprint density at radius 2 is 1.69 bits per heavy atom. The molecule has 0 fully saturated rings. The van der Waals surface area contributed by atoms with Crippen molar-refractivity contribution < 1.29 is 26.7 Å². The monoisotopic (exact) mass is 504 g/mol. The van der Waals surface area contributed by atoms with Crippen molar-refractivity contribution in [2.24, 2.45) is 7.05 Å². The highest BCUT2D eigenvalue weighted by atomic mass is 19.4. The molecule has 4 rings (SSSR count). The van der Waals surface area contributed by atoms with Crippen molar-refractivity contribution in [3.63, 3.8) is 0 Å². The number of urea groups is 1. The Bertz CT molecular complexity index is 1550.